The van der Waals surface area contributed by atoms with Gasteiger partial charge in [0.2, 0.25) is 0 Å². The van der Waals surface area contributed by atoms with E-state index in [1.54, 1.807) is 11.3 Å². The van der Waals surface area contributed by atoms with Gasteiger partial charge in [-0.05, 0) is 52.7 Å². The van der Waals surface area contributed by atoms with E-state index in [1.165, 1.54) is 4.88 Å². The number of aryl methyl sites for hydroxylation is 1. The van der Waals surface area contributed by atoms with Crippen LogP contribution in [0.2, 0.25) is 0 Å². The van der Waals surface area contributed by atoms with Crippen LogP contribution in [0.1, 0.15) is 21.4 Å². The van der Waals surface area contributed by atoms with E-state index in [4.69, 9.17) is 5.73 Å². The molecular formula is C12H10Br3NS. The van der Waals surface area contributed by atoms with Gasteiger partial charge in [0.1, 0.15) is 0 Å². The lowest BCUT2D eigenvalue weighted by molar-refractivity contribution is 0.886. The quantitative estimate of drug-likeness (QED) is 0.666. The minimum absolute atomic E-state index is 0.100. The Kier molecular flexibility index (Phi) is 4.47. The highest BCUT2D eigenvalue weighted by atomic mass is 79.9. The zero-order valence-corrected chi connectivity index (χ0v) is 14.6. The number of nitrogens with two attached hydrogens (primary N) is 1. The van der Waals surface area contributed by atoms with Gasteiger partial charge in [-0.25, -0.2) is 0 Å². The Morgan fingerprint density at radius 2 is 1.82 bits per heavy atom. The van der Waals surface area contributed by atoms with Gasteiger partial charge in [0, 0.05) is 23.2 Å². The number of halogens is 3. The molecular weight excluding hydrogens is 430 g/mol. The van der Waals surface area contributed by atoms with Crippen LogP contribution in [0, 0.1) is 6.92 Å². The molecule has 1 nitrogen and oxygen atoms in total. The van der Waals surface area contributed by atoms with Gasteiger partial charge >= 0.3 is 0 Å². The Morgan fingerprint density at radius 3 is 2.41 bits per heavy atom. The van der Waals surface area contributed by atoms with Crippen LogP contribution in [0.3, 0.4) is 0 Å². The molecule has 0 saturated carbocycles. The summed E-state index contributed by atoms with van der Waals surface area (Å²) < 4.78 is 3.20. The fraction of sp³-hybridized carbons (Fsp3) is 0.167. The number of benzene rings is 1. The van der Waals surface area contributed by atoms with E-state index in [0.717, 1.165) is 23.9 Å². The lowest BCUT2D eigenvalue weighted by atomic mass is 10.1. The molecule has 17 heavy (non-hydrogen) atoms. The Balaban J connectivity index is 2.42. The summed E-state index contributed by atoms with van der Waals surface area (Å²) in [4.78, 5) is 2.41. The molecule has 5 heteroatoms. The highest BCUT2D eigenvalue weighted by molar-refractivity contribution is 9.11. The summed E-state index contributed by atoms with van der Waals surface area (Å²) >= 11 is 12.3. The molecule has 1 aromatic carbocycles. The van der Waals surface area contributed by atoms with Crippen LogP contribution in [-0.4, -0.2) is 0 Å². The third-order valence-corrected chi connectivity index (χ3v) is 5.91. The summed E-state index contributed by atoms with van der Waals surface area (Å²) in [5.74, 6) is 0. The second-order valence-corrected chi connectivity index (χ2v) is 7.61. The van der Waals surface area contributed by atoms with Crippen molar-refractivity contribution in [3.05, 3.63) is 53.0 Å². The molecule has 0 radical (unpaired) electrons. The molecule has 0 bridgehead atoms. The fourth-order valence-electron chi connectivity index (χ4n) is 1.54. The Labute approximate surface area is 130 Å². The number of hydrogen-bond donors (Lipinski definition) is 1. The Hall–Kier alpha value is 0.320. The summed E-state index contributed by atoms with van der Waals surface area (Å²) in [6.07, 6.45) is 0. The standard InChI is InChI=1S/C12H10Br3NS/c1-6-10(15)5-11(17-6)12(16)8-4-7(13)2-3-9(8)14/h2-5,12H,16H2,1H3. The molecule has 0 saturated heterocycles. The number of rotatable bonds is 2. The van der Waals surface area contributed by atoms with Gasteiger partial charge in [0.25, 0.3) is 0 Å². The van der Waals surface area contributed by atoms with Gasteiger partial charge in [0.15, 0.2) is 0 Å². The van der Waals surface area contributed by atoms with E-state index >= 15 is 0 Å². The molecule has 0 aliphatic carbocycles. The highest BCUT2D eigenvalue weighted by Crippen LogP contribution is 2.35. The zero-order valence-electron chi connectivity index (χ0n) is 9.01. The first-order chi connectivity index (χ1) is 7.99. The molecule has 90 valence electrons. The average Bonchev–Trinajstić information content (AvgIpc) is 2.62. The van der Waals surface area contributed by atoms with Crippen LogP contribution < -0.4 is 5.73 Å². The lowest BCUT2D eigenvalue weighted by Gasteiger charge is -2.12. The smallest absolute Gasteiger partial charge is 0.0657 e. The van der Waals surface area contributed by atoms with Crippen molar-refractivity contribution >= 4 is 59.1 Å². The second kappa shape index (κ2) is 5.53. The summed E-state index contributed by atoms with van der Waals surface area (Å²) in [5, 5.41) is 0. The van der Waals surface area contributed by atoms with E-state index in [9.17, 15) is 0 Å². The van der Waals surface area contributed by atoms with E-state index in [1.807, 2.05) is 12.1 Å². The van der Waals surface area contributed by atoms with Crippen molar-refractivity contribution in [3.63, 3.8) is 0 Å². The summed E-state index contributed by atoms with van der Waals surface area (Å²) in [6.45, 7) is 2.08. The average molecular weight is 440 g/mol. The van der Waals surface area contributed by atoms with Crippen LogP contribution in [-0.2, 0) is 0 Å². The summed E-state index contributed by atoms with van der Waals surface area (Å²) in [5.41, 5.74) is 7.40. The van der Waals surface area contributed by atoms with Crippen molar-refractivity contribution in [3.8, 4) is 0 Å². The number of hydrogen-bond acceptors (Lipinski definition) is 2. The second-order valence-electron chi connectivity index (χ2n) is 3.70. The first-order valence-electron chi connectivity index (χ1n) is 4.95. The monoisotopic (exact) mass is 437 g/mol. The third-order valence-electron chi connectivity index (χ3n) is 2.48. The minimum Gasteiger partial charge on any atom is -0.320 e. The van der Waals surface area contributed by atoms with Gasteiger partial charge in [-0.1, -0.05) is 31.9 Å². The maximum atomic E-state index is 6.31. The van der Waals surface area contributed by atoms with Crippen LogP contribution >= 0.6 is 59.1 Å². The molecule has 2 N–H and O–H groups in total. The molecule has 0 aliphatic rings. The maximum absolute atomic E-state index is 6.31. The summed E-state index contributed by atoms with van der Waals surface area (Å²) in [6, 6.07) is 8.05. The highest BCUT2D eigenvalue weighted by Gasteiger charge is 2.16. The topological polar surface area (TPSA) is 26.0 Å². The number of thiophene rings is 1. The Bertz CT molecular complexity index is 531. The molecule has 1 atom stereocenters. The first kappa shape index (κ1) is 13.7. The van der Waals surface area contributed by atoms with Gasteiger partial charge in [-0.3, -0.25) is 0 Å². The van der Waals surface area contributed by atoms with Crippen molar-refractivity contribution in [1.82, 2.24) is 0 Å². The van der Waals surface area contributed by atoms with Crippen LogP contribution in [0.4, 0.5) is 0 Å². The van der Waals surface area contributed by atoms with Crippen molar-refractivity contribution in [2.24, 2.45) is 5.73 Å². The SMILES string of the molecule is Cc1sc(C(N)c2cc(Br)ccc2Br)cc1Br. The van der Waals surface area contributed by atoms with E-state index in [2.05, 4.69) is 66.8 Å². The van der Waals surface area contributed by atoms with E-state index < -0.39 is 0 Å². The normalized spacial score (nSPS) is 12.8. The largest absolute Gasteiger partial charge is 0.320 e. The maximum Gasteiger partial charge on any atom is 0.0657 e. The van der Waals surface area contributed by atoms with Crippen molar-refractivity contribution in [2.45, 2.75) is 13.0 Å². The van der Waals surface area contributed by atoms with E-state index in [0.29, 0.717) is 0 Å². The van der Waals surface area contributed by atoms with Gasteiger partial charge in [0.05, 0.1) is 6.04 Å². The molecule has 0 fully saturated rings. The molecule has 0 spiro atoms. The lowest BCUT2D eigenvalue weighted by Crippen LogP contribution is -2.10. The van der Waals surface area contributed by atoms with Gasteiger partial charge in [-0.15, -0.1) is 11.3 Å². The van der Waals surface area contributed by atoms with Crippen LogP contribution in [0.15, 0.2) is 37.7 Å². The predicted molar refractivity (Wildman–Crippen MR) is 84.6 cm³/mol. The third kappa shape index (κ3) is 3.01. The van der Waals surface area contributed by atoms with Crippen molar-refractivity contribution in [1.29, 1.82) is 0 Å². The van der Waals surface area contributed by atoms with Crippen molar-refractivity contribution in [2.75, 3.05) is 0 Å². The summed E-state index contributed by atoms with van der Waals surface area (Å²) in [7, 11) is 0. The molecule has 1 unspecified atom stereocenters. The minimum atomic E-state index is -0.100. The van der Waals surface area contributed by atoms with Crippen LogP contribution in [0.25, 0.3) is 0 Å². The molecule has 2 rings (SSSR count). The predicted octanol–water partition coefficient (Wildman–Crippen LogP) is 5.39. The fourth-order valence-corrected chi connectivity index (χ4v) is 3.99. The zero-order chi connectivity index (χ0) is 12.6. The first-order valence-corrected chi connectivity index (χ1v) is 8.15. The van der Waals surface area contributed by atoms with Crippen molar-refractivity contribution < 1.29 is 0 Å². The van der Waals surface area contributed by atoms with E-state index in [-0.39, 0.29) is 6.04 Å². The molecule has 1 heterocycles. The van der Waals surface area contributed by atoms with Gasteiger partial charge < -0.3 is 5.73 Å². The Morgan fingerprint density at radius 1 is 1.12 bits per heavy atom. The molecule has 1 aromatic heterocycles. The molecule has 0 amide bonds. The molecule has 0 aliphatic heterocycles. The van der Waals surface area contributed by atoms with Crippen LogP contribution in [0.5, 0.6) is 0 Å². The van der Waals surface area contributed by atoms with Gasteiger partial charge in [-0.2, -0.15) is 0 Å². The molecule has 2 aromatic rings.